The van der Waals surface area contributed by atoms with Crippen molar-refractivity contribution >= 4 is 11.4 Å². The first-order valence-corrected chi connectivity index (χ1v) is 9.57. The Balaban J connectivity index is 1.64. The molecule has 1 aromatic carbocycles. The fourth-order valence-corrected chi connectivity index (χ4v) is 5.76. The number of rotatable bonds is 4. The Kier molecular flexibility index (Phi) is 3.60. The lowest BCUT2D eigenvalue weighted by Gasteiger charge is -2.29. The molecule has 1 saturated heterocycles. The summed E-state index contributed by atoms with van der Waals surface area (Å²) < 4.78 is 5.45. The van der Waals surface area contributed by atoms with Crippen LogP contribution >= 0.6 is 0 Å². The Morgan fingerprint density at radius 3 is 2.64 bits per heavy atom. The van der Waals surface area contributed by atoms with E-state index in [9.17, 15) is 4.79 Å². The van der Waals surface area contributed by atoms with E-state index in [1.54, 1.807) is 7.11 Å². The summed E-state index contributed by atoms with van der Waals surface area (Å²) in [4.78, 5) is 15.9. The summed E-state index contributed by atoms with van der Waals surface area (Å²) >= 11 is 0. The van der Waals surface area contributed by atoms with Crippen LogP contribution in [0.1, 0.15) is 24.8 Å². The van der Waals surface area contributed by atoms with Crippen LogP contribution in [-0.4, -0.2) is 37.0 Å². The summed E-state index contributed by atoms with van der Waals surface area (Å²) in [6, 6.07) is 11.0. The number of methoxy groups -OCH3 is 1. The molecule has 2 fully saturated rings. The minimum absolute atomic E-state index is 0.170. The van der Waals surface area contributed by atoms with E-state index in [0.717, 1.165) is 31.5 Å². The highest BCUT2D eigenvalue weighted by molar-refractivity contribution is 6.10. The number of fused-ring (bicyclic) bond motifs is 5. The third-order valence-corrected chi connectivity index (χ3v) is 6.69. The third-order valence-electron chi connectivity index (χ3n) is 6.69. The predicted molar refractivity (Wildman–Crippen MR) is 97.7 cm³/mol. The van der Waals surface area contributed by atoms with Crippen LogP contribution in [0, 0.1) is 23.7 Å². The number of ketones is 1. The topological polar surface area (TPSA) is 29.5 Å². The highest BCUT2D eigenvalue weighted by Crippen LogP contribution is 2.59. The predicted octanol–water partition coefficient (Wildman–Crippen LogP) is 3.53. The Morgan fingerprint density at radius 1 is 1.12 bits per heavy atom. The highest BCUT2D eigenvalue weighted by Gasteiger charge is 2.56. The van der Waals surface area contributed by atoms with Crippen molar-refractivity contribution in [2.24, 2.45) is 23.7 Å². The van der Waals surface area contributed by atoms with Crippen LogP contribution in [0.2, 0.25) is 0 Å². The molecule has 1 saturated carbocycles. The maximum Gasteiger partial charge on any atom is 0.183 e. The number of carbonyl (C=O) groups excluding carboxylic acids is 1. The van der Waals surface area contributed by atoms with E-state index in [2.05, 4.69) is 47.4 Å². The molecule has 0 N–H and O–H groups in total. The molecule has 5 rings (SSSR count). The van der Waals surface area contributed by atoms with Gasteiger partial charge in [-0.2, -0.15) is 0 Å². The van der Waals surface area contributed by atoms with Crippen molar-refractivity contribution in [2.45, 2.75) is 25.3 Å². The van der Waals surface area contributed by atoms with Crippen molar-refractivity contribution in [3.8, 4) is 0 Å². The Labute approximate surface area is 149 Å². The van der Waals surface area contributed by atoms with Gasteiger partial charge in [0, 0.05) is 25.5 Å². The second-order valence-corrected chi connectivity index (χ2v) is 7.94. The van der Waals surface area contributed by atoms with Crippen LogP contribution in [0.15, 0.2) is 48.2 Å². The SMILES string of the molecule is COC[C@@H]1CCCN1C1=C(c2ccccc2)C2C(C1=O)[C@@H]1C=C[C@H]2C1. The number of likely N-dealkylation sites (tertiary alicyclic amines) is 1. The van der Waals surface area contributed by atoms with Crippen molar-refractivity contribution in [1.29, 1.82) is 0 Å². The lowest BCUT2D eigenvalue weighted by molar-refractivity contribution is -0.121. The highest BCUT2D eigenvalue weighted by atomic mass is 16.5. The molecule has 3 aliphatic carbocycles. The van der Waals surface area contributed by atoms with Crippen LogP contribution in [0.25, 0.3) is 5.57 Å². The van der Waals surface area contributed by atoms with Gasteiger partial charge in [-0.25, -0.2) is 0 Å². The zero-order chi connectivity index (χ0) is 17.0. The number of benzene rings is 1. The molecular weight excluding hydrogens is 310 g/mol. The van der Waals surface area contributed by atoms with Crippen molar-refractivity contribution in [3.63, 3.8) is 0 Å². The van der Waals surface area contributed by atoms with Gasteiger partial charge in [-0.05, 0) is 42.2 Å². The Hall–Kier alpha value is -1.87. The fraction of sp³-hybridized carbons (Fsp3) is 0.500. The summed E-state index contributed by atoms with van der Waals surface area (Å²) in [7, 11) is 1.76. The van der Waals surface area contributed by atoms with E-state index in [-0.39, 0.29) is 5.92 Å². The molecule has 130 valence electrons. The van der Waals surface area contributed by atoms with E-state index in [1.807, 2.05) is 0 Å². The molecule has 2 unspecified atom stereocenters. The first-order valence-electron chi connectivity index (χ1n) is 9.57. The largest absolute Gasteiger partial charge is 0.383 e. The lowest BCUT2D eigenvalue weighted by atomic mass is 9.80. The van der Waals surface area contributed by atoms with Crippen molar-refractivity contribution in [1.82, 2.24) is 4.90 Å². The normalized spacial score (nSPS) is 36.0. The zero-order valence-electron chi connectivity index (χ0n) is 14.7. The molecule has 0 spiro atoms. The van der Waals surface area contributed by atoms with E-state index >= 15 is 0 Å². The fourth-order valence-electron chi connectivity index (χ4n) is 5.76. The number of allylic oxidation sites excluding steroid dienone is 4. The molecule has 0 aromatic heterocycles. The molecule has 2 bridgehead atoms. The van der Waals surface area contributed by atoms with E-state index < -0.39 is 0 Å². The van der Waals surface area contributed by atoms with Crippen molar-refractivity contribution in [2.75, 3.05) is 20.3 Å². The first-order chi connectivity index (χ1) is 12.3. The molecule has 1 aromatic rings. The smallest absolute Gasteiger partial charge is 0.183 e. The molecule has 5 atom stereocenters. The van der Waals surface area contributed by atoms with E-state index in [4.69, 9.17) is 4.74 Å². The van der Waals surface area contributed by atoms with E-state index in [1.165, 1.54) is 11.1 Å². The maximum atomic E-state index is 13.5. The third kappa shape index (κ3) is 2.18. The summed E-state index contributed by atoms with van der Waals surface area (Å²) in [5, 5.41) is 0. The van der Waals surface area contributed by atoms with Crippen LogP contribution < -0.4 is 0 Å². The van der Waals surface area contributed by atoms with Crippen LogP contribution in [0.5, 0.6) is 0 Å². The van der Waals surface area contributed by atoms with Gasteiger partial charge in [0.1, 0.15) is 0 Å². The summed E-state index contributed by atoms with van der Waals surface area (Å²) in [6.07, 6.45) is 8.08. The number of Topliss-reactive ketones (excluding diaryl/α,β-unsaturated/α-hetero) is 1. The van der Waals surface area contributed by atoms with Gasteiger partial charge in [-0.1, -0.05) is 42.5 Å². The molecule has 1 heterocycles. The molecule has 1 aliphatic heterocycles. The number of ether oxygens (including phenoxy) is 1. The Morgan fingerprint density at radius 2 is 1.88 bits per heavy atom. The second kappa shape index (κ2) is 5.84. The minimum Gasteiger partial charge on any atom is -0.383 e. The van der Waals surface area contributed by atoms with Crippen LogP contribution in [0.3, 0.4) is 0 Å². The molecular formula is C22H25NO2. The maximum absolute atomic E-state index is 13.5. The van der Waals surface area contributed by atoms with Gasteiger partial charge in [0.25, 0.3) is 0 Å². The van der Waals surface area contributed by atoms with Gasteiger partial charge in [-0.15, -0.1) is 0 Å². The van der Waals surface area contributed by atoms with Gasteiger partial charge < -0.3 is 9.64 Å². The minimum atomic E-state index is 0.170. The Bertz CT molecular complexity index is 751. The molecule has 3 heteroatoms. The monoisotopic (exact) mass is 335 g/mol. The van der Waals surface area contributed by atoms with Crippen LogP contribution in [0.4, 0.5) is 0 Å². The number of hydrogen-bond acceptors (Lipinski definition) is 3. The van der Waals surface area contributed by atoms with Gasteiger partial charge in [0.2, 0.25) is 0 Å². The van der Waals surface area contributed by atoms with Crippen LogP contribution in [-0.2, 0) is 9.53 Å². The van der Waals surface area contributed by atoms with Gasteiger partial charge in [-0.3, -0.25) is 4.79 Å². The number of nitrogens with zero attached hydrogens (tertiary/aromatic N) is 1. The van der Waals surface area contributed by atoms with Gasteiger partial charge in [0.15, 0.2) is 5.78 Å². The first kappa shape index (κ1) is 15.4. The standard InChI is InChI=1S/C22H25NO2/c1-25-13-17-8-5-11-23(17)21-19(14-6-3-2-4-7-14)18-15-9-10-16(12-15)20(18)22(21)24/h2-4,6-7,9-10,15-18,20H,5,8,11-13H2,1H3/t15-,16+,17-,18?,20?/m0/s1. The zero-order valence-corrected chi connectivity index (χ0v) is 14.7. The average Bonchev–Trinajstić information content (AvgIpc) is 3.38. The van der Waals surface area contributed by atoms with Gasteiger partial charge in [0.05, 0.1) is 18.3 Å². The molecule has 25 heavy (non-hydrogen) atoms. The summed E-state index contributed by atoms with van der Waals surface area (Å²) in [5.41, 5.74) is 3.57. The average molecular weight is 335 g/mol. The molecule has 0 radical (unpaired) electrons. The quantitative estimate of drug-likeness (QED) is 0.789. The number of carbonyl (C=O) groups is 1. The second-order valence-electron chi connectivity index (χ2n) is 7.94. The molecule has 0 amide bonds. The summed E-state index contributed by atoms with van der Waals surface area (Å²) in [5.74, 6) is 1.92. The molecule has 4 aliphatic rings. The molecule has 3 nitrogen and oxygen atoms in total. The summed E-state index contributed by atoms with van der Waals surface area (Å²) in [6.45, 7) is 1.69. The number of hydrogen-bond donors (Lipinski definition) is 0. The van der Waals surface area contributed by atoms with E-state index in [0.29, 0.717) is 36.2 Å². The van der Waals surface area contributed by atoms with Crippen molar-refractivity contribution < 1.29 is 9.53 Å². The van der Waals surface area contributed by atoms with Crippen molar-refractivity contribution in [3.05, 3.63) is 53.7 Å². The lowest BCUT2D eigenvalue weighted by Crippen LogP contribution is -2.36. The van der Waals surface area contributed by atoms with Gasteiger partial charge >= 0.3 is 0 Å².